The predicted molar refractivity (Wildman–Crippen MR) is 130 cm³/mol. The zero-order chi connectivity index (χ0) is 24.0. The Morgan fingerprint density at radius 3 is 2.12 bits per heavy atom. The van der Waals surface area contributed by atoms with Crippen molar-refractivity contribution in [3.8, 4) is 0 Å². The maximum absolute atomic E-state index is 13.8. The van der Waals surface area contributed by atoms with E-state index in [-0.39, 0.29) is 11.3 Å². The van der Waals surface area contributed by atoms with Gasteiger partial charge in [0.15, 0.2) is 0 Å². The molecular formula is C28H25F2N3O. The average Bonchev–Trinajstić information content (AvgIpc) is 2.85. The van der Waals surface area contributed by atoms with Crippen LogP contribution in [0, 0.1) is 0 Å². The second kappa shape index (κ2) is 9.83. The Morgan fingerprint density at radius 1 is 0.824 bits per heavy atom. The van der Waals surface area contributed by atoms with Crippen LogP contribution in [0.15, 0.2) is 109 Å². The zero-order valence-electron chi connectivity index (χ0n) is 18.7. The summed E-state index contributed by atoms with van der Waals surface area (Å²) in [6, 6.07) is 30.1. The van der Waals surface area contributed by atoms with E-state index in [0.717, 1.165) is 18.1 Å². The lowest BCUT2D eigenvalue weighted by Crippen LogP contribution is -2.50. The van der Waals surface area contributed by atoms with E-state index >= 15 is 0 Å². The Kier molecular flexibility index (Phi) is 6.68. The van der Waals surface area contributed by atoms with Crippen molar-refractivity contribution in [2.75, 3.05) is 5.32 Å². The lowest BCUT2D eigenvalue weighted by Gasteiger charge is -2.35. The van der Waals surface area contributed by atoms with Gasteiger partial charge in [-0.2, -0.15) is 0 Å². The van der Waals surface area contributed by atoms with Gasteiger partial charge < -0.3 is 10.6 Å². The van der Waals surface area contributed by atoms with Crippen molar-refractivity contribution in [1.82, 2.24) is 10.3 Å². The number of halogens is 2. The fraction of sp³-hybridized carbons (Fsp3) is 0.143. The maximum Gasteiger partial charge on any atom is 0.320 e. The number of aromatic nitrogens is 1. The predicted octanol–water partition coefficient (Wildman–Crippen LogP) is 6.50. The van der Waals surface area contributed by atoms with Gasteiger partial charge in [-0.05, 0) is 35.4 Å². The third-order valence-corrected chi connectivity index (χ3v) is 5.64. The summed E-state index contributed by atoms with van der Waals surface area (Å²) in [5.41, 5.74) is 1.62. The molecule has 1 aromatic heterocycles. The fourth-order valence-corrected chi connectivity index (χ4v) is 3.99. The van der Waals surface area contributed by atoms with E-state index < -0.39 is 17.5 Å². The highest BCUT2D eigenvalue weighted by Gasteiger charge is 2.37. The Bertz CT molecular complexity index is 1190. The molecule has 0 aliphatic rings. The van der Waals surface area contributed by atoms with Crippen molar-refractivity contribution < 1.29 is 13.6 Å². The highest BCUT2D eigenvalue weighted by molar-refractivity contribution is 5.90. The molecule has 1 unspecified atom stereocenters. The first-order chi connectivity index (χ1) is 16.4. The summed E-state index contributed by atoms with van der Waals surface area (Å²) in [5.74, 6) is -3.01. The molecule has 172 valence electrons. The van der Waals surface area contributed by atoms with Crippen LogP contribution in [0.5, 0.6) is 0 Å². The topological polar surface area (TPSA) is 54.0 Å². The summed E-state index contributed by atoms with van der Waals surface area (Å²) < 4.78 is 27.6. The van der Waals surface area contributed by atoms with E-state index in [9.17, 15) is 13.6 Å². The van der Waals surface area contributed by atoms with Crippen LogP contribution >= 0.6 is 0 Å². The van der Waals surface area contributed by atoms with Crippen LogP contribution in [-0.4, -0.2) is 11.0 Å². The third-order valence-electron chi connectivity index (χ3n) is 5.64. The summed E-state index contributed by atoms with van der Waals surface area (Å²) in [4.78, 5) is 17.9. The highest BCUT2D eigenvalue weighted by atomic mass is 19.3. The molecule has 0 bridgehead atoms. The summed E-state index contributed by atoms with van der Waals surface area (Å²) in [7, 11) is 0. The van der Waals surface area contributed by atoms with Crippen molar-refractivity contribution in [1.29, 1.82) is 0 Å². The third kappa shape index (κ3) is 5.29. The molecule has 4 nitrogen and oxygen atoms in total. The number of benzene rings is 3. The Labute approximate surface area is 197 Å². The van der Waals surface area contributed by atoms with Gasteiger partial charge in [0.25, 0.3) is 5.92 Å². The van der Waals surface area contributed by atoms with Crippen molar-refractivity contribution in [3.05, 3.63) is 132 Å². The Balaban J connectivity index is 1.74. The van der Waals surface area contributed by atoms with Crippen LogP contribution in [0.2, 0.25) is 0 Å². The first kappa shape index (κ1) is 23.1. The number of carbonyl (C=O) groups is 1. The summed E-state index contributed by atoms with van der Waals surface area (Å²) in [6.07, 6.45) is 2.12. The molecular weight excluding hydrogens is 432 g/mol. The van der Waals surface area contributed by atoms with Gasteiger partial charge >= 0.3 is 6.03 Å². The van der Waals surface area contributed by atoms with E-state index in [2.05, 4.69) is 15.6 Å². The van der Waals surface area contributed by atoms with E-state index in [1.54, 1.807) is 12.3 Å². The number of nitrogens with zero attached hydrogens (tertiary/aromatic N) is 1. The van der Waals surface area contributed by atoms with E-state index in [4.69, 9.17) is 0 Å². The molecule has 0 aliphatic carbocycles. The van der Waals surface area contributed by atoms with Gasteiger partial charge in [-0.1, -0.05) is 78.9 Å². The van der Waals surface area contributed by atoms with Gasteiger partial charge in [0.05, 0.1) is 5.69 Å². The van der Waals surface area contributed by atoms with Gasteiger partial charge in [-0.25, -0.2) is 13.6 Å². The summed E-state index contributed by atoms with van der Waals surface area (Å²) >= 11 is 0. The Hall–Kier alpha value is -4.06. The van der Waals surface area contributed by atoms with Crippen LogP contribution in [-0.2, 0) is 17.9 Å². The average molecular weight is 458 g/mol. The zero-order valence-corrected chi connectivity index (χ0v) is 18.7. The molecule has 0 fully saturated rings. The summed E-state index contributed by atoms with van der Waals surface area (Å²) in [6.45, 7) is 0.827. The van der Waals surface area contributed by atoms with E-state index in [1.807, 2.05) is 78.9 Å². The van der Waals surface area contributed by atoms with Gasteiger partial charge in [-0.15, -0.1) is 0 Å². The SMILES string of the molecule is CC(F)(F)c1cccc(NC(=O)NC(Cc2ccccc2)(c2ccccc2)c2ccccn2)c1. The number of nitrogens with one attached hydrogen (secondary N) is 2. The number of amides is 2. The molecule has 0 spiro atoms. The van der Waals surface area contributed by atoms with Gasteiger partial charge in [-0.3, -0.25) is 4.98 Å². The molecule has 4 aromatic rings. The van der Waals surface area contributed by atoms with Crippen LogP contribution in [0.3, 0.4) is 0 Å². The first-order valence-electron chi connectivity index (χ1n) is 11.0. The van der Waals surface area contributed by atoms with Crippen LogP contribution in [0.4, 0.5) is 19.3 Å². The van der Waals surface area contributed by atoms with Crippen molar-refractivity contribution in [2.24, 2.45) is 0 Å². The lowest BCUT2D eigenvalue weighted by atomic mass is 9.80. The minimum atomic E-state index is -3.01. The van der Waals surface area contributed by atoms with E-state index in [0.29, 0.717) is 12.1 Å². The van der Waals surface area contributed by atoms with Gasteiger partial charge in [0.2, 0.25) is 0 Å². The van der Waals surface area contributed by atoms with Crippen molar-refractivity contribution >= 4 is 11.7 Å². The number of alkyl halides is 2. The van der Waals surface area contributed by atoms with Crippen molar-refractivity contribution in [3.63, 3.8) is 0 Å². The summed E-state index contributed by atoms with van der Waals surface area (Å²) in [5, 5.41) is 5.84. The molecule has 4 rings (SSSR count). The van der Waals surface area contributed by atoms with Gasteiger partial charge in [0, 0.05) is 30.8 Å². The fourth-order valence-electron chi connectivity index (χ4n) is 3.99. The molecule has 1 heterocycles. The molecule has 2 amide bonds. The largest absolute Gasteiger partial charge is 0.322 e. The van der Waals surface area contributed by atoms with E-state index in [1.165, 1.54) is 18.2 Å². The number of hydrogen-bond acceptors (Lipinski definition) is 2. The molecule has 0 saturated heterocycles. The van der Waals surface area contributed by atoms with Crippen molar-refractivity contribution in [2.45, 2.75) is 24.8 Å². The standard InChI is InChI=1S/C28H25F2N3O/c1-27(29,30)23-15-10-16-24(19-23)32-26(34)33-28(22-13-6-3-7-14-22,25-17-8-9-18-31-25)20-21-11-4-2-5-12-21/h2-19H,20H2,1H3,(H2,32,33,34). The molecule has 34 heavy (non-hydrogen) atoms. The number of pyridine rings is 1. The van der Waals surface area contributed by atoms with Crippen LogP contribution < -0.4 is 10.6 Å². The molecule has 3 aromatic carbocycles. The highest BCUT2D eigenvalue weighted by Crippen LogP contribution is 2.33. The molecule has 0 radical (unpaired) electrons. The minimum Gasteiger partial charge on any atom is -0.322 e. The second-order valence-electron chi connectivity index (χ2n) is 8.20. The normalized spacial score (nSPS) is 13.0. The number of anilines is 1. The number of hydrogen-bond donors (Lipinski definition) is 2. The lowest BCUT2D eigenvalue weighted by molar-refractivity contribution is 0.0175. The number of urea groups is 1. The first-order valence-corrected chi connectivity index (χ1v) is 11.0. The molecule has 2 N–H and O–H groups in total. The monoisotopic (exact) mass is 457 g/mol. The molecule has 6 heteroatoms. The Morgan fingerprint density at radius 2 is 1.47 bits per heavy atom. The number of rotatable bonds is 7. The quantitative estimate of drug-likeness (QED) is 0.333. The minimum absolute atomic E-state index is 0.173. The maximum atomic E-state index is 13.8. The molecule has 0 aliphatic heterocycles. The molecule has 0 saturated carbocycles. The van der Waals surface area contributed by atoms with Crippen LogP contribution in [0.1, 0.15) is 29.3 Å². The molecule has 1 atom stereocenters. The number of carbonyl (C=O) groups excluding carboxylic acids is 1. The smallest absolute Gasteiger partial charge is 0.320 e. The van der Waals surface area contributed by atoms with Gasteiger partial charge in [0.1, 0.15) is 5.54 Å². The van der Waals surface area contributed by atoms with Crippen LogP contribution in [0.25, 0.3) is 0 Å². The second-order valence-corrected chi connectivity index (χ2v) is 8.20.